The smallest absolute Gasteiger partial charge is 0.315 e. The first-order valence-electron chi connectivity index (χ1n) is 9.62. The van der Waals surface area contributed by atoms with E-state index in [4.69, 9.17) is 0 Å². The number of carbonyl (C=O) groups excluding carboxylic acids is 1. The Morgan fingerprint density at radius 2 is 1.97 bits per heavy atom. The molecule has 0 N–H and O–H groups in total. The third-order valence-electron chi connectivity index (χ3n) is 5.17. The monoisotopic (exact) mass is 438 g/mol. The van der Waals surface area contributed by atoms with Gasteiger partial charge in [0.05, 0.1) is 16.5 Å². The Morgan fingerprint density at radius 3 is 2.68 bits per heavy atom. The number of allylic oxidation sites excluding steroid dienone is 1. The first-order valence-corrected chi connectivity index (χ1v) is 10.4. The highest BCUT2D eigenvalue weighted by molar-refractivity contribution is 7.16. The van der Waals surface area contributed by atoms with Gasteiger partial charge in [-0.25, -0.2) is 9.78 Å². The predicted octanol–water partition coefficient (Wildman–Crippen LogP) is 1.38. The highest BCUT2D eigenvalue weighted by Gasteiger charge is 2.16. The summed E-state index contributed by atoms with van der Waals surface area (Å²) >= 11 is 1.45. The summed E-state index contributed by atoms with van der Waals surface area (Å²) in [5.41, 5.74) is 2.70. The number of carbonyl (C=O) groups is 1. The van der Waals surface area contributed by atoms with E-state index in [-0.39, 0.29) is 17.7 Å². The number of hydrogen-bond acceptors (Lipinski definition) is 5. The van der Waals surface area contributed by atoms with E-state index in [1.807, 2.05) is 18.4 Å². The van der Waals surface area contributed by atoms with Gasteiger partial charge in [0.25, 0.3) is 11.5 Å². The molecule has 0 unspecified atom stereocenters. The van der Waals surface area contributed by atoms with Crippen molar-refractivity contribution in [2.75, 3.05) is 0 Å². The van der Waals surface area contributed by atoms with Crippen molar-refractivity contribution in [1.82, 2.24) is 23.3 Å². The number of aromatic nitrogens is 5. The minimum atomic E-state index is -0.502. The number of imidazole rings is 1. The van der Waals surface area contributed by atoms with E-state index in [0.29, 0.717) is 11.3 Å². The maximum absolute atomic E-state index is 12.8. The third kappa shape index (κ3) is 3.38. The Bertz CT molecular complexity index is 1560. The first-order chi connectivity index (χ1) is 14.7. The van der Waals surface area contributed by atoms with Crippen molar-refractivity contribution in [3.63, 3.8) is 0 Å². The SMILES string of the molecule is C=CCn1c(=NC(=O)Cn2cnc3c2c(=O)n(C)c(=O)n3C)sc2c(C)cc(C)cc21. The van der Waals surface area contributed by atoms with Crippen molar-refractivity contribution < 1.29 is 4.79 Å². The third-order valence-corrected chi connectivity index (χ3v) is 6.40. The van der Waals surface area contributed by atoms with Crippen LogP contribution in [0.1, 0.15) is 11.1 Å². The van der Waals surface area contributed by atoms with Crippen LogP contribution in [-0.2, 0) is 32.0 Å². The van der Waals surface area contributed by atoms with Crippen LogP contribution >= 0.6 is 11.3 Å². The second kappa shape index (κ2) is 7.62. The van der Waals surface area contributed by atoms with Crippen LogP contribution in [0.3, 0.4) is 0 Å². The quantitative estimate of drug-likeness (QED) is 0.450. The largest absolute Gasteiger partial charge is 0.332 e. The summed E-state index contributed by atoms with van der Waals surface area (Å²) in [6.45, 7) is 8.24. The molecule has 4 rings (SSSR count). The van der Waals surface area contributed by atoms with Gasteiger partial charge in [-0.05, 0) is 31.0 Å². The number of nitrogens with zero attached hydrogens (tertiary/aromatic N) is 6. The van der Waals surface area contributed by atoms with Crippen molar-refractivity contribution in [2.24, 2.45) is 19.1 Å². The molecule has 9 nitrogen and oxygen atoms in total. The lowest BCUT2D eigenvalue weighted by Gasteiger charge is -2.05. The van der Waals surface area contributed by atoms with E-state index in [1.54, 1.807) is 6.08 Å². The van der Waals surface area contributed by atoms with Gasteiger partial charge in [0.1, 0.15) is 6.54 Å². The second-order valence-corrected chi connectivity index (χ2v) is 8.45. The Kier molecular flexibility index (Phi) is 5.10. The van der Waals surface area contributed by atoms with Crippen molar-refractivity contribution in [3.8, 4) is 0 Å². The summed E-state index contributed by atoms with van der Waals surface area (Å²) in [4.78, 5) is 46.6. The normalized spacial score (nSPS) is 12.2. The minimum absolute atomic E-state index is 0.162. The number of rotatable bonds is 4. The number of thiazole rings is 1. The molecular formula is C21H22N6O3S. The lowest BCUT2D eigenvalue weighted by atomic mass is 10.1. The molecule has 1 aromatic carbocycles. The molecule has 4 aromatic rings. The topological polar surface area (TPSA) is 96.2 Å². The van der Waals surface area contributed by atoms with Gasteiger partial charge in [-0.1, -0.05) is 23.5 Å². The molecule has 0 radical (unpaired) electrons. The van der Waals surface area contributed by atoms with Gasteiger partial charge in [0.15, 0.2) is 16.0 Å². The molecule has 3 heterocycles. The van der Waals surface area contributed by atoms with Gasteiger partial charge in [-0.15, -0.1) is 6.58 Å². The molecule has 10 heteroatoms. The van der Waals surface area contributed by atoms with Crippen LogP contribution in [0.25, 0.3) is 21.4 Å². The number of amides is 1. The van der Waals surface area contributed by atoms with Crippen LogP contribution in [0.2, 0.25) is 0 Å². The van der Waals surface area contributed by atoms with Gasteiger partial charge < -0.3 is 9.13 Å². The predicted molar refractivity (Wildman–Crippen MR) is 120 cm³/mol. The molecule has 0 aliphatic heterocycles. The molecule has 3 aromatic heterocycles. The van der Waals surface area contributed by atoms with Gasteiger partial charge >= 0.3 is 5.69 Å². The molecule has 0 aliphatic carbocycles. The molecule has 160 valence electrons. The number of fused-ring (bicyclic) bond motifs is 2. The Labute approximate surface area is 180 Å². The van der Waals surface area contributed by atoms with Crippen molar-refractivity contribution in [3.05, 3.63) is 67.9 Å². The molecule has 1 amide bonds. The fourth-order valence-electron chi connectivity index (χ4n) is 3.71. The zero-order valence-corrected chi connectivity index (χ0v) is 18.6. The molecule has 0 saturated carbocycles. The standard InChI is InChI=1S/C21H22N6O3S/c1-6-7-27-14-9-12(2)8-13(3)17(14)31-20(27)23-15(28)10-26-11-22-18-16(26)19(29)25(5)21(30)24(18)4/h6,8-9,11H,1,7,10H2,2-5H3. The van der Waals surface area contributed by atoms with Crippen LogP contribution in [0.4, 0.5) is 0 Å². The average molecular weight is 439 g/mol. The Balaban J connectivity index is 1.82. The van der Waals surface area contributed by atoms with E-state index in [2.05, 4.69) is 28.7 Å². The van der Waals surface area contributed by atoms with Crippen LogP contribution in [0.5, 0.6) is 0 Å². The summed E-state index contributed by atoms with van der Waals surface area (Å²) in [7, 11) is 2.93. The van der Waals surface area contributed by atoms with Crippen molar-refractivity contribution in [1.29, 1.82) is 0 Å². The number of hydrogen-bond donors (Lipinski definition) is 0. The van der Waals surface area contributed by atoms with E-state index in [1.165, 1.54) is 40.9 Å². The number of benzene rings is 1. The van der Waals surface area contributed by atoms with Crippen molar-refractivity contribution >= 4 is 38.6 Å². The molecule has 0 bridgehead atoms. The molecule has 0 spiro atoms. The van der Waals surface area contributed by atoms with E-state index in [0.717, 1.165) is 25.9 Å². The average Bonchev–Trinajstić information content (AvgIpc) is 3.27. The summed E-state index contributed by atoms with van der Waals surface area (Å²) in [6, 6.07) is 4.17. The zero-order chi connectivity index (χ0) is 22.4. The van der Waals surface area contributed by atoms with Crippen LogP contribution < -0.4 is 16.1 Å². The van der Waals surface area contributed by atoms with Gasteiger partial charge in [-0.3, -0.25) is 18.7 Å². The molecule has 0 saturated heterocycles. The van der Waals surface area contributed by atoms with Crippen LogP contribution in [-0.4, -0.2) is 29.2 Å². The fraction of sp³-hybridized carbons (Fsp3) is 0.286. The van der Waals surface area contributed by atoms with Crippen molar-refractivity contribution in [2.45, 2.75) is 26.9 Å². The number of aryl methyl sites for hydroxylation is 3. The molecule has 31 heavy (non-hydrogen) atoms. The van der Waals surface area contributed by atoms with E-state index in [9.17, 15) is 14.4 Å². The maximum Gasteiger partial charge on any atom is 0.332 e. The Morgan fingerprint density at radius 1 is 1.23 bits per heavy atom. The minimum Gasteiger partial charge on any atom is -0.315 e. The van der Waals surface area contributed by atoms with E-state index >= 15 is 0 Å². The van der Waals surface area contributed by atoms with Gasteiger partial charge in [0.2, 0.25) is 0 Å². The zero-order valence-electron chi connectivity index (χ0n) is 17.7. The highest BCUT2D eigenvalue weighted by Crippen LogP contribution is 2.23. The summed E-state index contributed by atoms with van der Waals surface area (Å²) in [5, 5.41) is 0. The molecular weight excluding hydrogens is 416 g/mol. The maximum atomic E-state index is 12.8. The summed E-state index contributed by atoms with van der Waals surface area (Å²) in [5.74, 6) is -0.422. The Hall–Kier alpha value is -3.53. The van der Waals surface area contributed by atoms with Gasteiger partial charge in [0, 0.05) is 20.6 Å². The van der Waals surface area contributed by atoms with Gasteiger partial charge in [-0.2, -0.15) is 4.99 Å². The molecule has 0 aliphatic rings. The highest BCUT2D eigenvalue weighted by atomic mass is 32.1. The van der Waals surface area contributed by atoms with Crippen LogP contribution in [0.15, 0.2) is 45.7 Å². The second-order valence-electron chi connectivity index (χ2n) is 7.47. The summed E-state index contributed by atoms with van der Waals surface area (Å²) in [6.07, 6.45) is 3.15. The first kappa shape index (κ1) is 20.7. The summed E-state index contributed by atoms with van der Waals surface area (Å²) < 4.78 is 6.74. The lowest BCUT2D eigenvalue weighted by Crippen LogP contribution is -2.37. The molecule has 0 atom stereocenters. The lowest BCUT2D eigenvalue weighted by molar-refractivity contribution is -0.118. The van der Waals surface area contributed by atoms with E-state index < -0.39 is 17.2 Å². The fourth-order valence-corrected chi connectivity index (χ4v) is 4.81. The molecule has 0 fully saturated rings. The van der Waals surface area contributed by atoms with Crippen LogP contribution in [0, 0.1) is 13.8 Å².